The van der Waals surface area contributed by atoms with Crippen LogP contribution in [0.1, 0.15) is 38.2 Å². The fourth-order valence-electron chi connectivity index (χ4n) is 4.11. The molecule has 0 radical (unpaired) electrons. The van der Waals surface area contributed by atoms with E-state index in [0.29, 0.717) is 13.2 Å². The van der Waals surface area contributed by atoms with Crippen molar-refractivity contribution in [2.75, 3.05) is 13.7 Å². The summed E-state index contributed by atoms with van der Waals surface area (Å²) in [4.78, 5) is 0. The van der Waals surface area contributed by atoms with Crippen LogP contribution in [0.3, 0.4) is 0 Å². The summed E-state index contributed by atoms with van der Waals surface area (Å²) in [5.41, 5.74) is 2.23. The van der Waals surface area contributed by atoms with Gasteiger partial charge in [0.05, 0.1) is 38.6 Å². The van der Waals surface area contributed by atoms with Crippen LogP contribution in [0, 0.1) is 11.8 Å². The zero-order chi connectivity index (χ0) is 17.8. The van der Waals surface area contributed by atoms with E-state index in [2.05, 4.69) is 6.58 Å². The lowest BCUT2D eigenvalue weighted by Crippen LogP contribution is -2.39. The molecule has 1 aromatic carbocycles. The maximum Gasteiger partial charge on any atom is 0.118 e. The summed E-state index contributed by atoms with van der Waals surface area (Å²) in [6.45, 7) is 7.23. The van der Waals surface area contributed by atoms with Gasteiger partial charge in [-0.25, -0.2) is 0 Å². The van der Waals surface area contributed by atoms with Crippen molar-refractivity contribution in [1.29, 1.82) is 0 Å². The molecule has 25 heavy (non-hydrogen) atoms. The molecule has 4 nitrogen and oxygen atoms in total. The van der Waals surface area contributed by atoms with Crippen molar-refractivity contribution in [1.82, 2.24) is 0 Å². The average molecular weight is 346 g/mol. The molecule has 2 aliphatic rings. The van der Waals surface area contributed by atoms with E-state index >= 15 is 0 Å². The highest BCUT2D eigenvalue weighted by Crippen LogP contribution is 2.40. The zero-order valence-corrected chi connectivity index (χ0v) is 15.3. The minimum absolute atomic E-state index is 0.133. The molecule has 0 spiro atoms. The minimum atomic E-state index is -0.306. The highest BCUT2D eigenvalue weighted by molar-refractivity contribution is 5.26. The zero-order valence-electron chi connectivity index (χ0n) is 15.3. The SMILES string of the molecule is C=C(C)[C@@H]1CC[C@H]([C@H]2CC[C@H](OCc3ccc(OC)cc3)CO2)[C@H]1O. The van der Waals surface area contributed by atoms with Gasteiger partial charge in [-0.05, 0) is 50.3 Å². The Bertz CT molecular complexity index is 560. The predicted molar refractivity (Wildman–Crippen MR) is 97.6 cm³/mol. The molecule has 4 heteroatoms. The molecule has 1 aromatic rings. The van der Waals surface area contributed by atoms with Crippen molar-refractivity contribution in [2.24, 2.45) is 11.8 Å². The quantitative estimate of drug-likeness (QED) is 0.798. The highest BCUT2D eigenvalue weighted by atomic mass is 16.5. The number of rotatable bonds is 6. The number of benzene rings is 1. The van der Waals surface area contributed by atoms with E-state index in [-0.39, 0.29) is 30.1 Å². The van der Waals surface area contributed by atoms with E-state index in [1.807, 2.05) is 31.2 Å². The molecule has 1 N–H and O–H groups in total. The Kier molecular flexibility index (Phi) is 6.15. The second-order valence-electron chi connectivity index (χ2n) is 7.41. The first-order chi connectivity index (χ1) is 12.1. The topological polar surface area (TPSA) is 47.9 Å². The molecule has 1 saturated carbocycles. The third-order valence-electron chi connectivity index (χ3n) is 5.69. The average Bonchev–Trinajstić information content (AvgIpc) is 3.02. The van der Waals surface area contributed by atoms with E-state index in [9.17, 15) is 5.11 Å². The van der Waals surface area contributed by atoms with Gasteiger partial charge in [0.15, 0.2) is 0 Å². The molecular formula is C21H30O4. The molecule has 1 aliphatic carbocycles. The maximum absolute atomic E-state index is 10.5. The number of aliphatic hydroxyl groups is 1. The Hall–Kier alpha value is -1.36. The highest BCUT2D eigenvalue weighted by Gasteiger charge is 2.41. The van der Waals surface area contributed by atoms with Crippen molar-refractivity contribution in [3.05, 3.63) is 42.0 Å². The van der Waals surface area contributed by atoms with Crippen molar-refractivity contribution >= 4 is 0 Å². The Morgan fingerprint density at radius 2 is 1.96 bits per heavy atom. The Morgan fingerprint density at radius 1 is 1.20 bits per heavy atom. The summed E-state index contributed by atoms with van der Waals surface area (Å²) in [6, 6.07) is 7.95. The smallest absolute Gasteiger partial charge is 0.118 e. The van der Waals surface area contributed by atoms with E-state index in [1.165, 1.54) is 0 Å². The first-order valence-corrected chi connectivity index (χ1v) is 9.28. The van der Waals surface area contributed by atoms with Crippen LogP contribution in [0.4, 0.5) is 0 Å². The molecule has 0 aromatic heterocycles. The van der Waals surface area contributed by atoms with Gasteiger partial charge in [0.1, 0.15) is 5.75 Å². The Labute approximate surface area is 150 Å². The lowest BCUT2D eigenvalue weighted by atomic mass is 9.89. The van der Waals surface area contributed by atoms with Crippen molar-refractivity contribution < 1.29 is 19.3 Å². The second kappa shape index (κ2) is 8.35. The van der Waals surface area contributed by atoms with Crippen LogP contribution >= 0.6 is 0 Å². The molecule has 3 rings (SSSR count). The van der Waals surface area contributed by atoms with E-state index < -0.39 is 0 Å². The maximum atomic E-state index is 10.5. The fourth-order valence-corrected chi connectivity index (χ4v) is 4.11. The van der Waals surface area contributed by atoms with Gasteiger partial charge in [0, 0.05) is 11.8 Å². The molecule has 1 saturated heterocycles. The Morgan fingerprint density at radius 3 is 2.52 bits per heavy atom. The van der Waals surface area contributed by atoms with E-state index in [0.717, 1.165) is 42.6 Å². The Balaban J connectivity index is 1.43. The van der Waals surface area contributed by atoms with Gasteiger partial charge in [0.2, 0.25) is 0 Å². The van der Waals surface area contributed by atoms with Gasteiger partial charge in [-0.3, -0.25) is 0 Å². The van der Waals surface area contributed by atoms with E-state index in [1.54, 1.807) is 7.11 Å². The molecule has 138 valence electrons. The van der Waals surface area contributed by atoms with Crippen LogP contribution < -0.4 is 4.74 Å². The van der Waals surface area contributed by atoms with Crippen molar-refractivity contribution in [2.45, 2.75) is 57.5 Å². The minimum Gasteiger partial charge on any atom is -0.497 e. The summed E-state index contributed by atoms with van der Waals surface area (Å²) < 4.78 is 17.2. The summed E-state index contributed by atoms with van der Waals surface area (Å²) in [6.07, 6.45) is 3.98. The normalized spacial score (nSPS) is 32.5. The summed E-state index contributed by atoms with van der Waals surface area (Å²) in [5, 5.41) is 10.5. The number of hydrogen-bond acceptors (Lipinski definition) is 4. The lowest BCUT2D eigenvalue weighted by molar-refractivity contribution is -0.119. The largest absolute Gasteiger partial charge is 0.497 e. The molecule has 5 atom stereocenters. The van der Waals surface area contributed by atoms with Crippen LogP contribution in [-0.4, -0.2) is 37.1 Å². The monoisotopic (exact) mass is 346 g/mol. The van der Waals surface area contributed by atoms with Gasteiger partial charge in [-0.15, -0.1) is 0 Å². The van der Waals surface area contributed by atoms with Gasteiger partial charge in [-0.1, -0.05) is 24.3 Å². The first kappa shape index (κ1) is 18.4. The van der Waals surface area contributed by atoms with Crippen molar-refractivity contribution in [3.8, 4) is 5.75 Å². The summed E-state index contributed by atoms with van der Waals surface area (Å²) in [5.74, 6) is 1.33. The van der Waals surface area contributed by atoms with Crippen LogP contribution in [0.25, 0.3) is 0 Å². The number of methoxy groups -OCH3 is 1. The van der Waals surface area contributed by atoms with Gasteiger partial charge in [0.25, 0.3) is 0 Å². The number of hydrogen-bond donors (Lipinski definition) is 1. The van der Waals surface area contributed by atoms with Gasteiger partial charge < -0.3 is 19.3 Å². The number of aliphatic hydroxyl groups excluding tert-OH is 1. The second-order valence-corrected chi connectivity index (χ2v) is 7.41. The van der Waals surface area contributed by atoms with Crippen LogP contribution in [0.2, 0.25) is 0 Å². The van der Waals surface area contributed by atoms with Crippen LogP contribution in [0.5, 0.6) is 5.75 Å². The standard InChI is InChI=1S/C21H30O4/c1-14(2)18-9-10-19(21(18)22)20-11-8-17(13-25-20)24-12-15-4-6-16(23-3)7-5-15/h4-7,17-22H,1,8-13H2,2-3H3/t17-,18-,19+,20+,21-/m0/s1. The number of ether oxygens (including phenoxy) is 3. The summed E-state index contributed by atoms with van der Waals surface area (Å²) in [7, 11) is 1.67. The van der Waals surface area contributed by atoms with Gasteiger partial charge >= 0.3 is 0 Å². The fraction of sp³-hybridized carbons (Fsp3) is 0.619. The lowest BCUT2D eigenvalue weighted by Gasteiger charge is -2.34. The molecule has 1 aliphatic heterocycles. The predicted octanol–water partition coefficient (Wildman–Crippen LogP) is 3.72. The molecule has 0 unspecified atom stereocenters. The van der Waals surface area contributed by atoms with Crippen molar-refractivity contribution in [3.63, 3.8) is 0 Å². The molecule has 2 fully saturated rings. The third kappa shape index (κ3) is 4.43. The molecule has 1 heterocycles. The van der Waals surface area contributed by atoms with Crippen LogP contribution in [-0.2, 0) is 16.1 Å². The first-order valence-electron chi connectivity index (χ1n) is 9.28. The van der Waals surface area contributed by atoms with Gasteiger partial charge in [-0.2, -0.15) is 0 Å². The summed E-state index contributed by atoms with van der Waals surface area (Å²) >= 11 is 0. The van der Waals surface area contributed by atoms with Crippen LogP contribution in [0.15, 0.2) is 36.4 Å². The van der Waals surface area contributed by atoms with E-state index in [4.69, 9.17) is 14.2 Å². The molecular weight excluding hydrogens is 316 g/mol. The molecule has 0 bridgehead atoms. The molecule has 0 amide bonds. The third-order valence-corrected chi connectivity index (χ3v) is 5.69.